The minimum atomic E-state index is -3.54. The van der Waals surface area contributed by atoms with Crippen molar-refractivity contribution in [3.63, 3.8) is 0 Å². The fourth-order valence-corrected chi connectivity index (χ4v) is 4.88. The van der Waals surface area contributed by atoms with Crippen molar-refractivity contribution in [3.05, 3.63) is 59.7 Å². The second-order valence-electron chi connectivity index (χ2n) is 6.71. The van der Waals surface area contributed by atoms with Gasteiger partial charge in [-0.15, -0.1) is 0 Å². The predicted octanol–water partition coefficient (Wildman–Crippen LogP) is 2.52. The third kappa shape index (κ3) is 4.60. The number of anilines is 1. The Morgan fingerprint density at radius 3 is 2.68 bits per heavy atom. The fourth-order valence-electron chi connectivity index (χ4n) is 3.39. The number of nitrogens with one attached hydrogen (secondary N) is 1. The van der Waals surface area contributed by atoms with E-state index in [1.54, 1.807) is 25.1 Å². The molecule has 0 radical (unpaired) electrons. The average molecular weight is 359 g/mol. The summed E-state index contributed by atoms with van der Waals surface area (Å²) in [7, 11) is -3.54. The van der Waals surface area contributed by atoms with Gasteiger partial charge in [-0.25, -0.2) is 13.1 Å². The van der Waals surface area contributed by atoms with Gasteiger partial charge in [0.1, 0.15) is 0 Å². The molecule has 5 nitrogen and oxygen atoms in total. The Morgan fingerprint density at radius 1 is 1.20 bits per heavy atom. The van der Waals surface area contributed by atoms with Crippen molar-refractivity contribution in [2.45, 2.75) is 37.2 Å². The topological polar surface area (TPSA) is 75.4 Å². The third-order valence-electron chi connectivity index (χ3n) is 4.56. The molecule has 25 heavy (non-hydrogen) atoms. The maximum atomic E-state index is 12.7. The summed E-state index contributed by atoms with van der Waals surface area (Å²) in [6.07, 6.45) is 1.85. The van der Waals surface area contributed by atoms with E-state index < -0.39 is 10.0 Å². The first-order chi connectivity index (χ1) is 11.9. The zero-order chi connectivity index (χ0) is 17.9. The molecule has 134 valence electrons. The van der Waals surface area contributed by atoms with Gasteiger partial charge < -0.3 is 5.73 Å². The summed E-state index contributed by atoms with van der Waals surface area (Å²) in [6.45, 7) is 4.34. The Hall–Kier alpha value is -1.89. The summed E-state index contributed by atoms with van der Waals surface area (Å²) in [5.74, 6) is 0. The van der Waals surface area contributed by atoms with E-state index in [0.29, 0.717) is 16.1 Å². The van der Waals surface area contributed by atoms with Crippen molar-refractivity contribution in [2.75, 3.05) is 18.8 Å². The smallest absolute Gasteiger partial charge is 0.241 e. The number of sulfonamides is 1. The summed E-state index contributed by atoms with van der Waals surface area (Å²) in [4.78, 5) is 2.61. The number of nitrogens with two attached hydrogens (primary N) is 1. The number of hydrogen-bond acceptors (Lipinski definition) is 4. The van der Waals surface area contributed by atoms with Crippen LogP contribution in [0.2, 0.25) is 0 Å². The standard InChI is InChI=1S/C19H25N3O2S/c1-15-12-17(20)9-10-19(15)25(23,24)21-18-8-5-11-22(14-18)13-16-6-3-2-4-7-16/h2-4,6-7,9-10,12,18,21H,5,8,11,13-14,20H2,1H3. The Balaban J connectivity index is 1.67. The van der Waals surface area contributed by atoms with Crippen LogP contribution in [0.25, 0.3) is 0 Å². The van der Waals surface area contributed by atoms with Crippen molar-refractivity contribution in [1.29, 1.82) is 0 Å². The highest BCUT2D eigenvalue weighted by atomic mass is 32.2. The lowest BCUT2D eigenvalue weighted by Crippen LogP contribution is -2.47. The monoisotopic (exact) mass is 359 g/mol. The highest BCUT2D eigenvalue weighted by Crippen LogP contribution is 2.20. The second-order valence-corrected chi connectivity index (χ2v) is 8.39. The number of aryl methyl sites for hydroxylation is 1. The summed E-state index contributed by atoms with van der Waals surface area (Å²) in [5, 5.41) is 0. The highest BCUT2D eigenvalue weighted by molar-refractivity contribution is 7.89. The molecule has 0 saturated carbocycles. The average Bonchev–Trinajstić information content (AvgIpc) is 2.55. The van der Waals surface area contributed by atoms with Crippen LogP contribution in [-0.4, -0.2) is 32.4 Å². The predicted molar refractivity (Wildman–Crippen MR) is 101 cm³/mol. The molecule has 1 saturated heterocycles. The molecule has 0 aromatic heterocycles. The van der Waals surface area contributed by atoms with Crippen LogP contribution in [-0.2, 0) is 16.6 Å². The first-order valence-corrected chi connectivity index (χ1v) is 10.1. The molecule has 0 amide bonds. The first-order valence-electron chi connectivity index (χ1n) is 8.59. The Bertz CT molecular complexity index is 822. The molecule has 6 heteroatoms. The van der Waals surface area contributed by atoms with E-state index in [2.05, 4.69) is 21.8 Å². The van der Waals surface area contributed by atoms with E-state index in [1.807, 2.05) is 18.2 Å². The number of nitrogens with zero attached hydrogens (tertiary/aromatic N) is 1. The van der Waals surface area contributed by atoms with Crippen LogP contribution in [0.5, 0.6) is 0 Å². The molecule has 1 aliphatic heterocycles. The Morgan fingerprint density at radius 2 is 1.96 bits per heavy atom. The van der Waals surface area contributed by atoms with Gasteiger partial charge in [0.15, 0.2) is 0 Å². The molecule has 2 aromatic rings. The molecule has 1 aliphatic rings. The summed E-state index contributed by atoms with van der Waals surface area (Å²) < 4.78 is 28.3. The quantitative estimate of drug-likeness (QED) is 0.805. The van der Waals surface area contributed by atoms with Crippen LogP contribution in [0.1, 0.15) is 24.0 Å². The van der Waals surface area contributed by atoms with Crippen molar-refractivity contribution < 1.29 is 8.42 Å². The van der Waals surface area contributed by atoms with E-state index in [0.717, 1.165) is 32.5 Å². The Kier molecular flexibility index (Phi) is 5.42. The van der Waals surface area contributed by atoms with E-state index in [-0.39, 0.29) is 6.04 Å². The second kappa shape index (κ2) is 7.56. The highest BCUT2D eigenvalue weighted by Gasteiger charge is 2.26. The van der Waals surface area contributed by atoms with Crippen LogP contribution in [0.15, 0.2) is 53.4 Å². The lowest BCUT2D eigenvalue weighted by Gasteiger charge is -2.33. The number of piperidine rings is 1. The molecule has 1 heterocycles. The molecule has 0 spiro atoms. The van der Waals surface area contributed by atoms with Gasteiger partial charge in [0, 0.05) is 24.8 Å². The van der Waals surface area contributed by atoms with Gasteiger partial charge in [0.25, 0.3) is 0 Å². The lowest BCUT2D eigenvalue weighted by molar-refractivity contribution is 0.194. The minimum absolute atomic E-state index is 0.0700. The molecule has 0 aliphatic carbocycles. The molecule has 3 N–H and O–H groups in total. The van der Waals surface area contributed by atoms with Gasteiger partial charge in [-0.3, -0.25) is 4.90 Å². The third-order valence-corrected chi connectivity index (χ3v) is 6.25. The van der Waals surface area contributed by atoms with Crippen LogP contribution >= 0.6 is 0 Å². The lowest BCUT2D eigenvalue weighted by atomic mass is 10.1. The number of benzene rings is 2. The van der Waals surface area contributed by atoms with Crippen molar-refractivity contribution >= 4 is 15.7 Å². The number of nitrogen functional groups attached to an aromatic ring is 1. The maximum Gasteiger partial charge on any atom is 0.241 e. The van der Waals surface area contributed by atoms with Gasteiger partial charge in [-0.2, -0.15) is 0 Å². The van der Waals surface area contributed by atoms with Crippen molar-refractivity contribution in [2.24, 2.45) is 0 Å². The Labute approximate surface area is 149 Å². The molecule has 3 rings (SSSR count). The molecular formula is C19H25N3O2S. The van der Waals surface area contributed by atoms with Gasteiger partial charge in [-0.1, -0.05) is 30.3 Å². The zero-order valence-electron chi connectivity index (χ0n) is 14.5. The van der Waals surface area contributed by atoms with E-state index in [4.69, 9.17) is 5.73 Å². The summed E-state index contributed by atoms with van der Waals surface area (Å²) in [5.41, 5.74) is 8.22. The largest absolute Gasteiger partial charge is 0.399 e. The minimum Gasteiger partial charge on any atom is -0.399 e. The van der Waals surface area contributed by atoms with Crippen LogP contribution in [0.4, 0.5) is 5.69 Å². The van der Waals surface area contributed by atoms with Crippen LogP contribution in [0, 0.1) is 6.92 Å². The molecular weight excluding hydrogens is 334 g/mol. The summed E-state index contributed by atoms with van der Waals surface area (Å²) >= 11 is 0. The van der Waals surface area contributed by atoms with Crippen LogP contribution < -0.4 is 10.5 Å². The molecule has 1 fully saturated rings. The molecule has 1 atom stereocenters. The summed E-state index contributed by atoms with van der Waals surface area (Å²) in [6, 6.07) is 15.1. The van der Waals surface area contributed by atoms with Gasteiger partial charge >= 0.3 is 0 Å². The molecule has 1 unspecified atom stereocenters. The number of rotatable bonds is 5. The fraction of sp³-hybridized carbons (Fsp3) is 0.368. The number of hydrogen-bond donors (Lipinski definition) is 2. The van der Waals surface area contributed by atoms with Gasteiger partial charge in [-0.05, 0) is 55.6 Å². The first kappa shape index (κ1) is 17.9. The SMILES string of the molecule is Cc1cc(N)ccc1S(=O)(=O)NC1CCCN(Cc2ccccc2)C1. The molecule has 0 bridgehead atoms. The van der Waals surface area contributed by atoms with E-state index in [1.165, 1.54) is 5.56 Å². The van der Waals surface area contributed by atoms with Crippen molar-refractivity contribution in [1.82, 2.24) is 9.62 Å². The zero-order valence-corrected chi connectivity index (χ0v) is 15.3. The number of likely N-dealkylation sites (tertiary alicyclic amines) is 1. The van der Waals surface area contributed by atoms with Crippen molar-refractivity contribution in [3.8, 4) is 0 Å². The van der Waals surface area contributed by atoms with E-state index in [9.17, 15) is 8.42 Å². The maximum absolute atomic E-state index is 12.7. The normalized spacial score (nSPS) is 19.0. The molecule has 2 aromatic carbocycles. The van der Waals surface area contributed by atoms with E-state index >= 15 is 0 Å². The van der Waals surface area contributed by atoms with Gasteiger partial charge in [0.2, 0.25) is 10.0 Å². The van der Waals surface area contributed by atoms with Gasteiger partial charge in [0.05, 0.1) is 4.90 Å². The van der Waals surface area contributed by atoms with Crippen LogP contribution in [0.3, 0.4) is 0 Å².